The maximum absolute atomic E-state index is 12.3. The van der Waals surface area contributed by atoms with Crippen molar-refractivity contribution in [2.45, 2.75) is 16.6 Å². The van der Waals surface area contributed by atoms with Crippen LogP contribution in [-0.4, -0.2) is 38.5 Å². The number of carboxylic acid groups (broad SMARTS) is 1. The Hall–Kier alpha value is -1.11. The van der Waals surface area contributed by atoms with Crippen molar-refractivity contribution in [2.75, 3.05) is 13.7 Å². The van der Waals surface area contributed by atoms with Gasteiger partial charge in [0.15, 0.2) is 9.84 Å². The first-order valence-corrected chi connectivity index (χ1v) is 7.49. The van der Waals surface area contributed by atoms with Crippen molar-refractivity contribution < 1.29 is 23.1 Å². The molecule has 7 heteroatoms. The minimum atomic E-state index is -3.68. The number of methoxy groups -OCH3 is 1. The van der Waals surface area contributed by atoms with Crippen molar-refractivity contribution in [3.63, 3.8) is 0 Å². The third kappa shape index (κ3) is 2.35. The zero-order valence-electron chi connectivity index (χ0n) is 10.2. The van der Waals surface area contributed by atoms with Gasteiger partial charge in [0.1, 0.15) is 5.41 Å². The first-order chi connectivity index (χ1) is 8.84. The number of carboxylic acids is 1. The van der Waals surface area contributed by atoms with E-state index in [0.717, 1.165) is 0 Å². The van der Waals surface area contributed by atoms with Gasteiger partial charge >= 0.3 is 5.97 Å². The summed E-state index contributed by atoms with van der Waals surface area (Å²) in [5.74, 6) is -1.14. The summed E-state index contributed by atoms with van der Waals surface area (Å²) in [7, 11) is -2.32. The van der Waals surface area contributed by atoms with Gasteiger partial charge in [-0.15, -0.1) is 0 Å². The van der Waals surface area contributed by atoms with Crippen LogP contribution in [-0.2, 0) is 19.4 Å². The lowest BCUT2D eigenvalue weighted by atomic mass is 10.1. The fourth-order valence-corrected chi connectivity index (χ4v) is 4.41. The molecular formula is C12H13ClO5S. The van der Waals surface area contributed by atoms with Gasteiger partial charge in [-0.2, -0.15) is 0 Å². The molecule has 0 heterocycles. The highest BCUT2D eigenvalue weighted by atomic mass is 35.5. The van der Waals surface area contributed by atoms with Crippen molar-refractivity contribution in [3.05, 3.63) is 29.3 Å². The largest absolute Gasteiger partial charge is 0.481 e. The van der Waals surface area contributed by atoms with Crippen molar-refractivity contribution in [1.29, 1.82) is 0 Å². The van der Waals surface area contributed by atoms with Crippen LogP contribution in [0.5, 0.6) is 0 Å². The summed E-state index contributed by atoms with van der Waals surface area (Å²) in [5.41, 5.74) is -1.33. The Morgan fingerprint density at radius 2 is 2.05 bits per heavy atom. The number of ether oxygens (including phenoxy) is 1. The maximum atomic E-state index is 12.3. The van der Waals surface area contributed by atoms with E-state index in [9.17, 15) is 18.3 Å². The lowest BCUT2D eigenvalue weighted by Gasteiger charge is -2.11. The van der Waals surface area contributed by atoms with Crippen molar-refractivity contribution >= 4 is 27.4 Å². The molecule has 2 rings (SSSR count). The Kier molecular flexibility index (Phi) is 3.59. The highest BCUT2D eigenvalue weighted by molar-refractivity contribution is 7.92. The Morgan fingerprint density at radius 1 is 1.47 bits per heavy atom. The van der Waals surface area contributed by atoms with E-state index in [2.05, 4.69) is 0 Å². The monoisotopic (exact) mass is 304 g/mol. The normalized spacial score (nSPS) is 26.1. The standard InChI is InChI=1S/C12H13ClO5S/c1-18-7-12(11(14)15)6-10(12)19(16,17)9-4-2-8(13)3-5-9/h2-5,10H,6-7H2,1H3,(H,14,15)/t10-,12+/m1/s1. The highest BCUT2D eigenvalue weighted by Crippen LogP contribution is 2.53. The summed E-state index contributed by atoms with van der Waals surface area (Å²) in [6, 6.07) is 5.70. The van der Waals surface area contributed by atoms with Gasteiger partial charge in [-0.25, -0.2) is 8.42 Å². The Bertz CT molecular complexity index is 595. The molecule has 0 unspecified atom stereocenters. The number of aliphatic carboxylic acids is 1. The lowest BCUT2D eigenvalue weighted by Crippen LogP contribution is -2.28. The predicted molar refractivity (Wildman–Crippen MR) is 69.0 cm³/mol. The quantitative estimate of drug-likeness (QED) is 0.893. The number of halogens is 1. The van der Waals surface area contributed by atoms with Crippen LogP contribution in [0.3, 0.4) is 0 Å². The summed E-state index contributed by atoms with van der Waals surface area (Å²) >= 11 is 5.70. The molecule has 5 nitrogen and oxygen atoms in total. The molecule has 0 aromatic heterocycles. The Labute approximate surface area is 116 Å². The summed E-state index contributed by atoms with van der Waals surface area (Å²) in [6.45, 7) is -0.111. The van der Waals surface area contributed by atoms with Crippen LogP contribution in [0.15, 0.2) is 29.2 Å². The van der Waals surface area contributed by atoms with Gasteiger partial charge in [-0.05, 0) is 30.7 Å². The van der Waals surface area contributed by atoms with Crippen LogP contribution in [0.2, 0.25) is 5.02 Å². The minimum Gasteiger partial charge on any atom is -0.481 e. The SMILES string of the molecule is COC[C@@]1(C(=O)O)C[C@H]1S(=O)(=O)c1ccc(Cl)cc1. The highest BCUT2D eigenvalue weighted by Gasteiger charge is 2.67. The molecule has 2 atom stereocenters. The van der Waals surface area contributed by atoms with Gasteiger partial charge in [-0.1, -0.05) is 11.6 Å². The van der Waals surface area contributed by atoms with E-state index in [1.54, 1.807) is 0 Å². The van der Waals surface area contributed by atoms with Crippen LogP contribution in [0.25, 0.3) is 0 Å². The molecule has 1 fully saturated rings. The molecule has 0 bridgehead atoms. The molecule has 0 aliphatic heterocycles. The van der Waals surface area contributed by atoms with Crippen LogP contribution in [0.1, 0.15) is 6.42 Å². The van der Waals surface area contributed by atoms with Gasteiger partial charge in [0, 0.05) is 12.1 Å². The maximum Gasteiger partial charge on any atom is 0.313 e. The summed E-state index contributed by atoms with van der Waals surface area (Å²) in [6.07, 6.45) is 0.0706. The van der Waals surface area contributed by atoms with E-state index in [-0.39, 0.29) is 17.9 Å². The molecule has 104 valence electrons. The number of carbonyl (C=O) groups is 1. The van der Waals surface area contributed by atoms with Crippen molar-refractivity contribution in [2.24, 2.45) is 5.41 Å². The topological polar surface area (TPSA) is 80.7 Å². The second-order valence-electron chi connectivity index (χ2n) is 4.59. The number of hydrogen-bond acceptors (Lipinski definition) is 4. The van der Waals surface area contributed by atoms with Crippen molar-refractivity contribution in [1.82, 2.24) is 0 Å². The Balaban J connectivity index is 2.33. The summed E-state index contributed by atoms with van der Waals surface area (Å²) in [4.78, 5) is 11.3. The first-order valence-electron chi connectivity index (χ1n) is 5.56. The molecule has 1 aliphatic rings. The summed E-state index contributed by atoms with van der Waals surface area (Å²) < 4.78 is 29.5. The number of hydrogen-bond donors (Lipinski definition) is 1. The summed E-state index contributed by atoms with van der Waals surface area (Å²) in [5, 5.41) is 8.68. The smallest absolute Gasteiger partial charge is 0.313 e. The average molecular weight is 305 g/mol. The molecule has 0 saturated heterocycles. The van der Waals surface area contributed by atoms with E-state index < -0.39 is 26.5 Å². The van der Waals surface area contributed by atoms with Gasteiger partial charge in [0.2, 0.25) is 0 Å². The molecular weight excluding hydrogens is 292 g/mol. The van der Waals surface area contributed by atoms with Crippen LogP contribution < -0.4 is 0 Å². The predicted octanol–water partition coefficient (Wildman–Crippen LogP) is 1.60. The Morgan fingerprint density at radius 3 is 2.53 bits per heavy atom. The number of benzene rings is 1. The molecule has 0 amide bonds. The molecule has 1 aliphatic carbocycles. The molecule has 0 radical (unpaired) electrons. The third-order valence-corrected chi connectivity index (χ3v) is 5.90. The average Bonchev–Trinajstić information content (AvgIpc) is 3.07. The van der Waals surface area contributed by atoms with Crippen LogP contribution in [0.4, 0.5) is 0 Å². The molecule has 0 spiro atoms. The molecule has 1 saturated carbocycles. The number of rotatable bonds is 5. The van der Waals surface area contributed by atoms with Crippen LogP contribution >= 0.6 is 11.6 Å². The van der Waals surface area contributed by atoms with Gasteiger partial charge in [0.05, 0.1) is 16.8 Å². The van der Waals surface area contributed by atoms with Crippen LogP contribution in [0, 0.1) is 5.41 Å². The van der Waals surface area contributed by atoms with Gasteiger partial charge in [0.25, 0.3) is 0 Å². The van der Waals surface area contributed by atoms with E-state index in [1.165, 1.54) is 31.4 Å². The molecule has 19 heavy (non-hydrogen) atoms. The molecule has 1 aromatic rings. The lowest BCUT2D eigenvalue weighted by molar-refractivity contribution is -0.145. The molecule has 1 aromatic carbocycles. The zero-order chi connectivity index (χ0) is 14.3. The van der Waals surface area contributed by atoms with Gasteiger partial charge in [-0.3, -0.25) is 4.79 Å². The first kappa shape index (κ1) is 14.3. The van der Waals surface area contributed by atoms with Crippen molar-refractivity contribution in [3.8, 4) is 0 Å². The fourth-order valence-electron chi connectivity index (χ4n) is 2.16. The third-order valence-electron chi connectivity index (χ3n) is 3.35. The van der Waals surface area contributed by atoms with E-state index in [0.29, 0.717) is 5.02 Å². The molecule has 1 N–H and O–H groups in total. The minimum absolute atomic E-state index is 0.0706. The second kappa shape index (κ2) is 4.77. The van der Waals surface area contributed by atoms with E-state index in [4.69, 9.17) is 16.3 Å². The van der Waals surface area contributed by atoms with Gasteiger partial charge < -0.3 is 9.84 Å². The zero-order valence-corrected chi connectivity index (χ0v) is 11.7. The fraction of sp³-hybridized carbons (Fsp3) is 0.417. The second-order valence-corrected chi connectivity index (χ2v) is 7.15. The number of sulfone groups is 1. The van der Waals surface area contributed by atoms with E-state index >= 15 is 0 Å². The van der Waals surface area contributed by atoms with E-state index in [1.807, 2.05) is 0 Å².